The summed E-state index contributed by atoms with van der Waals surface area (Å²) < 4.78 is 0. The first-order valence-electron chi connectivity index (χ1n) is 4.07. The molecule has 0 aromatic carbocycles. The standard InChI is InChI=1S/C7H5NO4.C2H6O/c9-6(10)4-2-1-3-5(8-4)7(11)12;1-2-3/h1-3H,(H,9,10)(H,11,12);3H,2H2,1H3. The molecule has 3 N–H and O–H groups in total. The lowest BCUT2D eigenvalue weighted by Gasteiger charge is -1.94. The molecular weight excluding hydrogens is 202 g/mol. The molecule has 15 heavy (non-hydrogen) atoms. The maximum absolute atomic E-state index is 10.3. The Bertz CT molecular complexity index is 321. The van der Waals surface area contributed by atoms with E-state index in [4.69, 9.17) is 15.3 Å². The average Bonchev–Trinajstić information content (AvgIpc) is 2.19. The lowest BCUT2D eigenvalue weighted by molar-refractivity contribution is 0.0685. The van der Waals surface area contributed by atoms with Crippen LogP contribution < -0.4 is 0 Å². The molecule has 82 valence electrons. The fraction of sp³-hybridized carbons (Fsp3) is 0.222. The second-order valence-electron chi connectivity index (χ2n) is 2.33. The third kappa shape index (κ3) is 4.72. The van der Waals surface area contributed by atoms with Crippen molar-refractivity contribution in [1.29, 1.82) is 0 Å². The molecule has 1 aromatic rings. The Hall–Kier alpha value is -1.95. The van der Waals surface area contributed by atoms with Crippen molar-refractivity contribution in [3.63, 3.8) is 0 Å². The number of aromatic carboxylic acids is 2. The van der Waals surface area contributed by atoms with Crippen molar-refractivity contribution in [3.8, 4) is 0 Å². The highest BCUT2D eigenvalue weighted by atomic mass is 16.4. The van der Waals surface area contributed by atoms with Crippen LogP contribution in [-0.4, -0.2) is 38.8 Å². The van der Waals surface area contributed by atoms with Crippen molar-refractivity contribution in [3.05, 3.63) is 29.6 Å². The summed E-state index contributed by atoms with van der Waals surface area (Å²) in [5.74, 6) is -2.48. The second kappa shape index (κ2) is 6.50. The molecule has 1 aromatic heterocycles. The van der Waals surface area contributed by atoms with Gasteiger partial charge >= 0.3 is 11.9 Å². The highest BCUT2D eigenvalue weighted by molar-refractivity contribution is 5.89. The molecule has 0 bridgehead atoms. The summed E-state index contributed by atoms with van der Waals surface area (Å²) in [6.45, 7) is 1.93. The van der Waals surface area contributed by atoms with Crippen LogP contribution in [0.15, 0.2) is 18.2 Å². The Morgan fingerprint density at radius 2 is 1.53 bits per heavy atom. The van der Waals surface area contributed by atoms with E-state index in [1.165, 1.54) is 18.2 Å². The number of nitrogens with zero attached hydrogens (tertiary/aromatic N) is 1. The van der Waals surface area contributed by atoms with Gasteiger partial charge in [0.1, 0.15) is 11.4 Å². The zero-order valence-electron chi connectivity index (χ0n) is 8.04. The Morgan fingerprint density at radius 1 is 1.20 bits per heavy atom. The van der Waals surface area contributed by atoms with Crippen molar-refractivity contribution >= 4 is 11.9 Å². The zero-order valence-corrected chi connectivity index (χ0v) is 8.04. The monoisotopic (exact) mass is 213 g/mol. The Morgan fingerprint density at radius 3 is 1.80 bits per heavy atom. The van der Waals surface area contributed by atoms with Crippen LogP contribution >= 0.6 is 0 Å². The molecule has 0 spiro atoms. The van der Waals surface area contributed by atoms with Gasteiger partial charge in [-0.05, 0) is 19.1 Å². The van der Waals surface area contributed by atoms with Gasteiger partial charge in [0.2, 0.25) is 0 Å². The first kappa shape index (κ1) is 13.1. The van der Waals surface area contributed by atoms with Crippen molar-refractivity contribution in [2.45, 2.75) is 6.92 Å². The molecular formula is C9H11NO5. The van der Waals surface area contributed by atoms with Crippen molar-refractivity contribution < 1.29 is 24.9 Å². The van der Waals surface area contributed by atoms with Gasteiger partial charge in [0.25, 0.3) is 0 Å². The summed E-state index contributed by atoms with van der Waals surface area (Å²) in [6.07, 6.45) is 0. The molecule has 0 amide bonds. The highest BCUT2D eigenvalue weighted by Gasteiger charge is 2.08. The number of carbonyl (C=O) groups is 2. The summed E-state index contributed by atoms with van der Waals surface area (Å²) in [7, 11) is 0. The van der Waals surface area contributed by atoms with Crippen LogP contribution in [0.5, 0.6) is 0 Å². The number of aromatic nitrogens is 1. The van der Waals surface area contributed by atoms with Crippen molar-refractivity contribution in [2.75, 3.05) is 6.61 Å². The smallest absolute Gasteiger partial charge is 0.354 e. The molecule has 6 nitrogen and oxygen atoms in total. The summed E-state index contributed by atoms with van der Waals surface area (Å²) in [5, 5.41) is 24.4. The van der Waals surface area contributed by atoms with E-state index in [1.807, 2.05) is 0 Å². The molecule has 0 saturated carbocycles. The minimum atomic E-state index is -1.24. The summed E-state index contributed by atoms with van der Waals surface area (Å²) in [6, 6.07) is 3.80. The first-order chi connectivity index (χ1) is 7.02. The molecule has 1 rings (SSSR count). The van der Waals surface area contributed by atoms with Crippen LogP contribution in [-0.2, 0) is 0 Å². The number of aliphatic hydroxyl groups excluding tert-OH is 1. The van der Waals surface area contributed by atoms with E-state index >= 15 is 0 Å². The van der Waals surface area contributed by atoms with Crippen LogP contribution in [0, 0.1) is 0 Å². The van der Waals surface area contributed by atoms with Gasteiger partial charge in [0.05, 0.1) is 0 Å². The van der Waals surface area contributed by atoms with Gasteiger partial charge in [-0.1, -0.05) is 6.07 Å². The molecule has 0 fully saturated rings. The predicted molar refractivity (Wildman–Crippen MR) is 50.9 cm³/mol. The maximum atomic E-state index is 10.3. The quantitative estimate of drug-likeness (QED) is 0.659. The van der Waals surface area contributed by atoms with Crippen LogP contribution in [0.1, 0.15) is 27.9 Å². The van der Waals surface area contributed by atoms with Gasteiger partial charge in [-0.2, -0.15) is 0 Å². The van der Waals surface area contributed by atoms with Crippen LogP contribution in [0.2, 0.25) is 0 Å². The maximum Gasteiger partial charge on any atom is 0.354 e. The lowest BCUT2D eigenvalue weighted by atomic mass is 10.3. The van der Waals surface area contributed by atoms with E-state index in [0.29, 0.717) is 0 Å². The largest absolute Gasteiger partial charge is 0.477 e. The molecule has 0 radical (unpaired) electrons. The zero-order chi connectivity index (χ0) is 11.8. The predicted octanol–water partition coefficient (Wildman–Crippen LogP) is 0.477. The van der Waals surface area contributed by atoms with Crippen LogP contribution in [0.4, 0.5) is 0 Å². The van der Waals surface area contributed by atoms with E-state index in [9.17, 15) is 9.59 Å². The summed E-state index contributed by atoms with van der Waals surface area (Å²) in [5.41, 5.74) is -0.537. The molecule has 0 aliphatic carbocycles. The third-order valence-electron chi connectivity index (χ3n) is 1.19. The molecule has 0 aliphatic heterocycles. The van der Waals surface area contributed by atoms with Gasteiger partial charge < -0.3 is 15.3 Å². The molecule has 0 saturated heterocycles. The molecule has 0 aliphatic rings. The van der Waals surface area contributed by atoms with E-state index in [0.717, 1.165) is 0 Å². The number of hydrogen-bond acceptors (Lipinski definition) is 4. The second-order valence-corrected chi connectivity index (χ2v) is 2.33. The van der Waals surface area contributed by atoms with E-state index in [-0.39, 0.29) is 18.0 Å². The number of carboxylic acids is 2. The Labute approximate surface area is 85.8 Å². The molecule has 0 unspecified atom stereocenters. The van der Waals surface area contributed by atoms with Crippen LogP contribution in [0.25, 0.3) is 0 Å². The fourth-order valence-electron chi connectivity index (χ4n) is 0.673. The van der Waals surface area contributed by atoms with Gasteiger partial charge in [-0.15, -0.1) is 0 Å². The summed E-state index contributed by atoms with van der Waals surface area (Å²) in [4.78, 5) is 24.0. The van der Waals surface area contributed by atoms with Gasteiger partial charge in [0, 0.05) is 6.61 Å². The number of carboxylic acid groups (broad SMARTS) is 2. The summed E-state index contributed by atoms with van der Waals surface area (Å²) >= 11 is 0. The van der Waals surface area contributed by atoms with Crippen molar-refractivity contribution in [1.82, 2.24) is 4.98 Å². The first-order valence-corrected chi connectivity index (χ1v) is 4.07. The molecule has 6 heteroatoms. The average molecular weight is 213 g/mol. The van der Waals surface area contributed by atoms with Gasteiger partial charge in [-0.3, -0.25) is 0 Å². The fourth-order valence-corrected chi connectivity index (χ4v) is 0.673. The van der Waals surface area contributed by atoms with Gasteiger partial charge in [-0.25, -0.2) is 14.6 Å². The lowest BCUT2D eigenvalue weighted by Crippen LogP contribution is -2.06. The van der Waals surface area contributed by atoms with Crippen molar-refractivity contribution in [2.24, 2.45) is 0 Å². The van der Waals surface area contributed by atoms with E-state index in [2.05, 4.69) is 4.98 Å². The van der Waals surface area contributed by atoms with E-state index in [1.54, 1.807) is 6.92 Å². The van der Waals surface area contributed by atoms with Crippen LogP contribution in [0.3, 0.4) is 0 Å². The minimum absolute atomic E-state index is 0.250. The minimum Gasteiger partial charge on any atom is -0.477 e. The number of aliphatic hydroxyl groups is 1. The molecule has 1 heterocycles. The number of rotatable bonds is 2. The SMILES string of the molecule is CCO.O=C(O)c1cccc(C(=O)O)n1. The Balaban J connectivity index is 0.000000583. The van der Waals surface area contributed by atoms with Gasteiger partial charge in [0.15, 0.2) is 0 Å². The number of hydrogen-bond donors (Lipinski definition) is 3. The van der Waals surface area contributed by atoms with E-state index < -0.39 is 11.9 Å². The topological polar surface area (TPSA) is 108 Å². The normalized spacial score (nSPS) is 8.67. The Kier molecular flexibility index (Phi) is 5.65. The molecule has 0 atom stereocenters. The third-order valence-corrected chi connectivity index (χ3v) is 1.19. The highest BCUT2D eigenvalue weighted by Crippen LogP contribution is 1.98. The number of pyridine rings is 1.